The Morgan fingerprint density at radius 1 is 1.56 bits per heavy atom. The SMILES string of the molecule is CCNC(C)(C)C(=O)N1CCC(COC)C1. The summed E-state index contributed by atoms with van der Waals surface area (Å²) in [5.41, 5.74) is -0.448. The largest absolute Gasteiger partial charge is 0.384 e. The third kappa shape index (κ3) is 3.19. The molecule has 0 aromatic heterocycles. The van der Waals surface area contributed by atoms with Crippen molar-refractivity contribution in [2.75, 3.05) is 33.4 Å². The molecule has 1 fully saturated rings. The van der Waals surface area contributed by atoms with Crippen molar-refractivity contribution >= 4 is 5.91 Å². The summed E-state index contributed by atoms with van der Waals surface area (Å²) in [5, 5.41) is 3.22. The number of nitrogens with one attached hydrogen (secondary N) is 1. The third-order valence-corrected chi connectivity index (χ3v) is 3.13. The molecule has 1 aliphatic heterocycles. The first-order valence-electron chi connectivity index (χ1n) is 6.04. The van der Waals surface area contributed by atoms with Gasteiger partial charge in [-0.1, -0.05) is 6.92 Å². The number of amides is 1. The number of likely N-dealkylation sites (tertiary alicyclic amines) is 1. The topological polar surface area (TPSA) is 41.6 Å². The van der Waals surface area contributed by atoms with Gasteiger partial charge in [-0.15, -0.1) is 0 Å². The molecule has 0 aromatic carbocycles. The highest BCUT2D eigenvalue weighted by Gasteiger charge is 2.35. The van der Waals surface area contributed by atoms with Crippen molar-refractivity contribution in [2.45, 2.75) is 32.7 Å². The first-order chi connectivity index (χ1) is 7.51. The highest BCUT2D eigenvalue weighted by atomic mass is 16.5. The molecule has 1 aliphatic rings. The van der Waals surface area contributed by atoms with Crippen LogP contribution in [-0.2, 0) is 9.53 Å². The standard InChI is InChI=1S/C12H24N2O2/c1-5-13-12(2,3)11(15)14-7-6-10(8-14)9-16-4/h10,13H,5-9H2,1-4H3. The fraction of sp³-hybridized carbons (Fsp3) is 0.917. The van der Waals surface area contributed by atoms with Gasteiger partial charge in [0, 0.05) is 26.1 Å². The van der Waals surface area contributed by atoms with Gasteiger partial charge in [0.05, 0.1) is 12.1 Å². The monoisotopic (exact) mass is 228 g/mol. The van der Waals surface area contributed by atoms with E-state index in [1.54, 1.807) is 7.11 Å². The van der Waals surface area contributed by atoms with E-state index in [0.29, 0.717) is 5.92 Å². The van der Waals surface area contributed by atoms with Gasteiger partial charge in [-0.3, -0.25) is 4.79 Å². The van der Waals surface area contributed by atoms with Crippen LogP contribution >= 0.6 is 0 Å². The van der Waals surface area contributed by atoms with E-state index in [-0.39, 0.29) is 5.91 Å². The summed E-state index contributed by atoms with van der Waals surface area (Å²) in [6, 6.07) is 0. The van der Waals surface area contributed by atoms with Crippen LogP contribution in [0.3, 0.4) is 0 Å². The van der Waals surface area contributed by atoms with Crippen molar-refractivity contribution in [3.63, 3.8) is 0 Å². The van der Waals surface area contributed by atoms with Gasteiger partial charge in [0.1, 0.15) is 0 Å². The van der Waals surface area contributed by atoms with Gasteiger partial charge >= 0.3 is 0 Å². The number of carbonyl (C=O) groups is 1. The van der Waals surface area contributed by atoms with Crippen LogP contribution in [0.2, 0.25) is 0 Å². The van der Waals surface area contributed by atoms with Gasteiger partial charge in [-0.25, -0.2) is 0 Å². The minimum Gasteiger partial charge on any atom is -0.384 e. The maximum absolute atomic E-state index is 12.2. The zero-order chi connectivity index (χ0) is 12.2. The lowest BCUT2D eigenvalue weighted by Gasteiger charge is -2.30. The lowest BCUT2D eigenvalue weighted by atomic mass is 10.0. The zero-order valence-corrected chi connectivity index (χ0v) is 10.9. The van der Waals surface area contributed by atoms with E-state index < -0.39 is 5.54 Å². The number of nitrogens with zero attached hydrogens (tertiary/aromatic N) is 1. The third-order valence-electron chi connectivity index (χ3n) is 3.13. The first-order valence-corrected chi connectivity index (χ1v) is 6.04. The van der Waals surface area contributed by atoms with E-state index in [2.05, 4.69) is 5.32 Å². The lowest BCUT2D eigenvalue weighted by Crippen LogP contribution is -2.53. The first kappa shape index (κ1) is 13.5. The van der Waals surface area contributed by atoms with Crippen LogP contribution in [0.25, 0.3) is 0 Å². The minimum absolute atomic E-state index is 0.202. The Labute approximate surface area is 98.3 Å². The molecule has 0 aliphatic carbocycles. The van der Waals surface area contributed by atoms with Gasteiger partial charge in [0.2, 0.25) is 5.91 Å². The average molecular weight is 228 g/mol. The van der Waals surface area contributed by atoms with Gasteiger partial charge in [-0.05, 0) is 26.8 Å². The number of ether oxygens (including phenoxy) is 1. The van der Waals surface area contributed by atoms with E-state index in [9.17, 15) is 4.79 Å². The van der Waals surface area contributed by atoms with Crippen LogP contribution in [0.15, 0.2) is 0 Å². The van der Waals surface area contributed by atoms with Crippen LogP contribution in [0.5, 0.6) is 0 Å². The second kappa shape index (κ2) is 5.64. The van der Waals surface area contributed by atoms with Crippen molar-refractivity contribution in [3.05, 3.63) is 0 Å². The van der Waals surface area contributed by atoms with E-state index in [4.69, 9.17) is 4.74 Å². The maximum Gasteiger partial charge on any atom is 0.242 e. The van der Waals surface area contributed by atoms with Crippen molar-refractivity contribution in [2.24, 2.45) is 5.92 Å². The van der Waals surface area contributed by atoms with Crippen LogP contribution in [0.4, 0.5) is 0 Å². The molecule has 94 valence electrons. The quantitative estimate of drug-likeness (QED) is 0.759. The summed E-state index contributed by atoms with van der Waals surface area (Å²) < 4.78 is 5.13. The van der Waals surface area contributed by atoms with E-state index in [1.165, 1.54) is 0 Å². The van der Waals surface area contributed by atoms with Gasteiger partial charge < -0.3 is 15.0 Å². The fourth-order valence-electron chi connectivity index (χ4n) is 2.30. The summed E-state index contributed by atoms with van der Waals surface area (Å²) in [4.78, 5) is 14.2. The molecule has 0 radical (unpaired) electrons. The van der Waals surface area contributed by atoms with Crippen molar-refractivity contribution in [1.29, 1.82) is 0 Å². The number of methoxy groups -OCH3 is 1. The molecular formula is C12H24N2O2. The molecule has 4 heteroatoms. The second-order valence-electron chi connectivity index (χ2n) is 5.02. The van der Waals surface area contributed by atoms with Crippen LogP contribution in [-0.4, -0.2) is 49.7 Å². The minimum atomic E-state index is -0.448. The Kier molecular flexibility index (Phi) is 4.74. The Bertz CT molecular complexity index is 241. The van der Waals surface area contributed by atoms with Gasteiger partial charge in [-0.2, -0.15) is 0 Å². The van der Waals surface area contributed by atoms with E-state index in [0.717, 1.165) is 32.7 Å². The molecule has 1 heterocycles. The Morgan fingerprint density at radius 2 is 2.25 bits per heavy atom. The van der Waals surface area contributed by atoms with E-state index in [1.807, 2.05) is 25.7 Å². The van der Waals surface area contributed by atoms with Crippen LogP contribution < -0.4 is 5.32 Å². The molecular weight excluding hydrogens is 204 g/mol. The van der Waals surface area contributed by atoms with Crippen molar-refractivity contribution in [1.82, 2.24) is 10.2 Å². The number of rotatable bonds is 5. The molecule has 1 N–H and O–H groups in total. The summed E-state index contributed by atoms with van der Waals surface area (Å²) in [5.74, 6) is 0.708. The molecule has 0 aromatic rings. The van der Waals surface area contributed by atoms with Crippen molar-refractivity contribution < 1.29 is 9.53 Å². The highest BCUT2D eigenvalue weighted by molar-refractivity contribution is 5.85. The molecule has 1 amide bonds. The van der Waals surface area contributed by atoms with Gasteiger partial charge in [0.15, 0.2) is 0 Å². The summed E-state index contributed by atoms with van der Waals surface area (Å²) >= 11 is 0. The average Bonchev–Trinajstić information content (AvgIpc) is 2.65. The maximum atomic E-state index is 12.2. The molecule has 0 bridgehead atoms. The molecule has 1 rings (SSSR count). The molecule has 16 heavy (non-hydrogen) atoms. The van der Waals surface area contributed by atoms with Gasteiger partial charge in [0.25, 0.3) is 0 Å². The Hall–Kier alpha value is -0.610. The predicted octanol–water partition coefficient (Wildman–Crippen LogP) is 0.869. The molecule has 1 unspecified atom stereocenters. The fourth-order valence-corrected chi connectivity index (χ4v) is 2.30. The summed E-state index contributed by atoms with van der Waals surface area (Å²) in [6.45, 7) is 9.18. The smallest absolute Gasteiger partial charge is 0.242 e. The lowest BCUT2D eigenvalue weighted by molar-refractivity contribution is -0.136. The number of likely N-dealkylation sites (N-methyl/N-ethyl adjacent to an activating group) is 1. The summed E-state index contributed by atoms with van der Waals surface area (Å²) in [6.07, 6.45) is 1.06. The molecule has 0 saturated carbocycles. The zero-order valence-electron chi connectivity index (χ0n) is 10.9. The van der Waals surface area contributed by atoms with Crippen LogP contribution in [0, 0.1) is 5.92 Å². The Balaban J connectivity index is 2.50. The summed E-state index contributed by atoms with van der Waals surface area (Å²) in [7, 11) is 1.72. The van der Waals surface area contributed by atoms with E-state index >= 15 is 0 Å². The highest BCUT2D eigenvalue weighted by Crippen LogP contribution is 2.19. The second-order valence-corrected chi connectivity index (χ2v) is 5.02. The predicted molar refractivity (Wildman–Crippen MR) is 64.3 cm³/mol. The molecule has 4 nitrogen and oxygen atoms in total. The number of hydrogen-bond acceptors (Lipinski definition) is 3. The van der Waals surface area contributed by atoms with Crippen LogP contribution in [0.1, 0.15) is 27.2 Å². The normalized spacial score (nSPS) is 21.5. The number of hydrogen-bond donors (Lipinski definition) is 1. The van der Waals surface area contributed by atoms with Crippen molar-refractivity contribution in [3.8, 4) is 0 Å². The molecule has 0 spiro atoms. The molecule has 1 atom stereocenters. The number of carbonyl (C=O) groups excluding carboxylic acids is 1. The molecule has 1 saturated heterocycles. The Morgan fingerprint density at radius 3 is 2.81 bits per heavy atom.